The van der Waals surface area contributed by atoms with Gasteiger partial charge in [-0.15, -0.1) is 0 Å². The normalized spacial score (nSPS) is 10.2. The minimum Gasteiger partial charge on any atom is -0.484 e. The third-order valence-corrected chi connectivity index (χ3v) is 3.75. The Morgan fingerprint density at radius 3 is 2.36 bits per heavy atom. The fraction of sp³-hybridized carbons (Fsp3) is 0.190. The van der Waals surface area contributed by atoms with Crippen molar-refractivity contribution in [1.82, 2.24) is 9.97 Å². The summed E-state index contributed by atoms with van der Waals surface area (Å²) in [5, 5.41) is 9.23. The highest BCUT2D eigenvalue weighted by molar-refractivity contribution is 5.92. The summed E-state index contributed by atoms with van der Waals surface area (Å²) in [5.41, 5.74) is 1.55. The topological polar surface area (TPSA) is 88.2 Å². The summed E-state index contributed by atoms with van der Waals surface area (Å²) in [5.74, 6) is 2.61. The monoisotopic (exact) mass is 377 g/mol. The number of anilines is 4. The molecule has 0 fully saturated rings. The molecule has 0 bridgehead atoms. The maximum atomic E-state index is 12.0. The number of para-hydroxylation sites is 1. The van der Waals surface area contributed by atoms with Gasteiger partial charge in [0.25, 0.3) is 5.91 Å². The molecule has 1 amide bonds. The van der Waals surface area contributed by atoms with Crippen molar-refractivity contribution in [1.29, 1.82) is 0 Å². The minimum absolute atomic E-state index is 0.0442. The Morgan fingerprint density at radius 2 is 1.64 bits per heavy atom. The molecule has 3 aromatic rings. The van der Waals surface area contributed by atoms with Gasteiger partial charge >= 0.3 is 0 Å². The van der Waals surface area contributed by atoms with Crippen LogP contribution in [0.2, 0.25) is 0 Å². The molecule has 1 heterocycles. The quantitative estimate of drug-likeness (QED) is 0.550. The van der Waals surface area contributed by atoms with Crippen molar-refractivity contribution < 1.29 is 9.53 Å². The lowest BCUT2D eigenvalue weighted by molar-refractivity contribution is -0.118. The van der Waals surface area contributed by atoms with Crippen LogP contribution in [0.3, 0.4) is 0 Å². The van der Waals surface area contributed by atoms with Crippen molar-refractivity contribution in [2.75, 3.05) is 29.1 Å². The minimum atomic E-state index is -0.216. The highest BCUT2D eigenvalue weighted by Gasteiger charge is 2.05. The van der Waals surface area contributed by atoms with Crippen LogP contribution in [0, 0.1) is 6.92 Å². The summed E-state index contributed by atoms with van der Waals surface area (Å²) in [7, 11) is 0. The Bertz CT molecular complexity index is 914. The second-order valence-electron chi connectivity index (χ2n) is 6.07. The molecule has 7 nitrogen and oxygen atoms in total. The largest absolute Gasteiger partial charge is 0.484 e. The number of nitrogens with zero attached hydrogens (tertiary/aromatic N) is 2. The first-order chi connectivity index (χ1) is 13.6. The van der Waals surface area contributed by atoms with Crippen LogP contribution < -0.4 is 20.7 Å². The molecule has 0 radical (unpaired) electrons. The Labute approximate surface area is 164 Å². The Morgan fingerprint density at radius 1 is 0.964 bits per heavy atom. The van der Waals surface area contributed by atoms with Gasteiger partial charge in [0.15, 0.2) is 6.61 Å². The van der Waals surface area contributed by atoms with Gasteiger partial charge in [-0.25, -0.2) is 9.97 Å². The number of aromatic nitrogens is 2. The lowest BCUT2D eigenvalue weighted by atomic mass is 10.2. The van der Waals surface area contributed by atoms with E-state index in [0.717, 1.165) is 18.1 Å². The molecule has 0 aliphatic carbocycles. The van der Waals surface area contributed by atoms with Crippen LogP contribution in [0.5, 0.6) is 5.75 Å². The number of hydrogen-bond donors (Lipinski definition) is 3. The zero-order chi connectivity index (χ0) is 19.8. The average molecular weight is 377 g/mol. The first-order valence-electron chi connectivity index (χ1n) is 9.06. The molecule has 1 aromatic heterocycles. The molecule has 0 atom stereocenters. The van der Waals surface area contributed by atoms with Gasteiger partial charge in [-0.05, 0) is 50.2 Å². The van der Waals surface area contributed by atoms with Crippen molar-refractivity contribution in [3.05, 3.63) is 66.5 Å². The highest BCUT2D eigenvalue weighted by Crippen LogP contribution is 2.19. The van der Waals surface area contributed by atoms with Crippen LogP contribution in [0.1, 0.15) is 12.7 Å². The predicted octanol–water partition coefficient (Wildman–Crippen LogP) is 3.98. The molecule has 0 spiro atoms. The fourth-order valence-electron chi connectivity index (χ4n) is 2.55. The van der Waals surface area contributed by atoms with Crippen LogP contribution in [-0.4, -0.2) is 29.0 Å². The first kappa shape index (κ1) is 19.2. The third-order valence-electron chi connectivity index (χ3n) is 3.75. The van der Waals surface area contributed by atoms with Gasteiger partial charge in [0.05, 0.1) is 0 Å². The van der Waals surface area contributed by atoms with E-state index < -0.39 is 0 Å². The molecular weight excluding hydrogens is 354 g/mol. The standard InChI is InChI=1S/C21H23N5O2/c1-3-22-19-13-20(24-15(2)23-19)25-16-9-11-17(12-10-16)26-21(27)14-28-18-7-5-4-6-8-18/h4-13H,3,14H2,1-2H3,(H,26,27)(H2,22,23,24,25). The first-order valence-corrected chi connectivity index (χ1v) is 9.06. The predicted molar refractivity (Wildman–Crippen MR) is 111 cm³/mol. The van der Waals surface area contributed by atoms with Gasteiger partial charge < -0.3 is 20.7 Å². The van der Waals surface area contributed by atoms with Gasteiger partial charge in [-0.1, -0.05) is 18.2 Å². The number of aryl methyl sites for hydroxylation is 1. The van der Waals surface area contributed by atoms with E-state index >= 15 is 0 Å². The molecule has 144 valence electrons. The Hall–Kier alpha value is -3.61. The number of carbonyl (C=O) groups excluding carboxylic acids is 1. The van der Waals surface area contributed by atoms with E-state index in [1.54, 1.807) is 0 Å². The summed E-state index contributed by atoms with van der Waals surface area (Å²) >= 11 is 0. The average Bonchev–Trinajstić information content (AvgIpc) is 2.69. The molecule has 3 rings (SSSR count). The van der Waals surface area contributed by atoms with Crippen molar-refractivity contribution in [3.8, 4) is 5.75 Å². The number of hydrogen-bond acceptors (Lipinski definition) is 6. The van der Waals surface area contributed by atoms with Crippen LogP contribution in [0.15, 0.2) is 60.7 Å². The van der Waals surface area contributed by atoms with Crippen molar-refractivity contribution in [3.63, 3.8) is 0 Å². The van der Waals surface area contributed by atoms with Gasteiger partial charge in [-0.2, -0.15) is 0 Å². The number of rotatable bonds is 8. The summed E-state index contributed by atoms with van der Waals surface area (Å²) in [4.78, 5) is 20.7. The SMILES string of the molecule is CCNc1cc(Nc2ccc(NC(=O)COc3ccccc3)cc2)nc(C)n1. The maximum Gasteiger partial charge on any atom is 0.262 e. The summed E-state index contributed by atoms with van der Waals surface area (Å²) < 4.78 is 5.44. The van der Waals surface area contributed by atoms with Gasteiger partial charge in [0.2, 0.25) is 0 Å². The van der Waals surface area contributed by atoms with Crippen LogP contribution in [0.4, 0.5) is 23.0 Å². The van der Waals surface area contributed by atoms with Crippen LogP contribution in [-0.2, 0) is 4.79 Å². The molecule has 0 saturated heterocycles. The number of ether oxygens (including phenoxy) is 1. The van der Waals surface area contributed by atoms with Crippen molar-refractivity contribution in [2.24, 2.45) is 0 Å². The Balaban J connectivity index is 1.55. The molecule has 0 aliphatic rings. The van der Waals surface area contributed by atoms with E-state index in [-0.39, 0.29) is 12.5 Å². The molecular formula is C21H23N5O2. The molecule has 0 saturated carbocycles. The van der Waals surface area contributed by atoms with Crippen LogP contribution >= 0.6 is 0 Å². The maximum absolute atomic E-state index is 12.0. The highest BCUT2D eigenvalue weighted by atomic mass is 16.5. The molecule has 3 N–H and O–H groups in total. The lowest BCUT2D eigenvalue weighted by Gasteiger charge is -2.11. The van der Waals surface area contributed by atoms with Gasteiger partial charge in [0, 0.05) is 24.0 Å². The second kappa shape index (κ2) is 9.36. The van der Waals surface area contributed by atoms with E-state index in [2.05, 4.69) is 25.9 Å². The van der Waals surface area contributed by atoms with Crippen molar-refractivity contribution >= 4 is 28.9 Å². The second-order valence-corrected chi connectivity index (χ2v) is 6.07. The fourth-order valence-corrected chi connectivity index (χ4v) is 2.55. The van der Waals surface area contributed by atoms with E-state index in [9.17, 15) is 4.79 Å². The number of amides is 1. The summed E-state index contributed by atoms with van der Waals surface area (Å²) in [6.07, 6.45) is 0. The zero-order valence-electron chi connectivity index (χ0n) is 15.9. The van der Waals surface area contributed by atoms with E-state index in [1.165, 1.54) is 0 Å². The number of benzene rings is 2. The summed E-state index contributed by atoms with van der Waals surface area (Å²) in [6.45, 7) is 4.61. The zero-order valence-corrected chi connectivity index (χ0v) is 15.9. The lowest BCUT2D eigenvalue weighted by Crippen LogP contribution is -2.20. The van der Waals surface area contributed by atoms with E-state index in [0.29, 0.717) is 23.1 Å². The molecule has 0 aliphatic heterocycles. The van der Waals surface area contributed by atoms with E-state index in [4.69, 9.17) is 4.74 Å². The van der Waals surface area contributed by atoms with Gasteiger partial charge in [0.1, 0.15) is 23.2 Å². The summed E-state index contributed by atoms with van der Waals surface area (Å²) in [6, 6.07) is 18.5. The van der Waals surface area contributed by atoms with E-state index in [1.807, 2.05) is 74.5 Å². The van der Waals surface area contributed by atoms with Crippen LogP contribution in [0.25, 0.3) is 0 Å². The molecule has 0 unspecified atom stereocenters. The molecule has 2 aromatic carbocycles. The van der Waals surface area contributed by atoms with Gasteiger partial charge in [-0.3, -0.25) is 4.79 Å². The third kappa shape index (κ3) is 5.70. The van der Waals surface area contributed by atoms with Crippen molar-refractivity contribution in [2.45, 2.75) is 13.8 Å². The molecule has 28 heavy (non-hydrogen) atoms. The Kier molecular flexibility index (Phi) is 6.41. The smallest absolute Gasteiger partial charge is 0.262 e. The molecule has 7 heteroatoms. The number of nitrogens with one attached hydrogen (secondary N) is 3. The number of carbonyl (C=O) groups is 1.